The Morgan fingerprint density at radius 3 is 2.55 bits per heavy atom. The number of rotatable bonds is 1. The van der Waals surface area contributed by atoms with E-state index < -0.39 is 5.54 Å². The molecule has 0 amide bonds. The summed E-state index contributed by atoms with van der Waals surface area (Å²) in [6.07, 6.45) is 1.68. The molecule has 1 rings (SSSR count). The van der Waals surface area contributed by atoms with E-state index in [0.717, 1.165) is 5.69 Å². The molecular weight excluding hydrogens is 206 g/mol. The molecule has 0 saturated heterocycles. The van der Waals surface area contributed by atoms with E-state index in [9.17, 15) is 0 Å². The van der Waals surface area contributed by atoms with Crippen LogP contribution in [0.2, 0.25) is 0 Å². The fraction of sp³-hybridized carbons (Fsp3) is 0.429. The van der Waals surface area contributed by atoms with E-state index in [1.165, 1.54) is 0 Å². The molecule has 0 aliphatic heterocycles. The van der Waals surface area contributed by atoms with Crippen LogP contribution in [-0.2, 0) is 5.54 Å². The zero-order chi connectivity index (χ0) is 8.48. The zero-order valence-corrected chi connectivity index (χ0v) is 8.09. The molecular formula is C7H10BrN3. The molecule has 0 aliphatic carbocycles. The molecule has 0 unspecified atom stereocenters. The second-order valence-electron chi connectivity index (χ2n) is 2.93. The number of hydrogen-bond donors (Lipinski definition) is 1. The third-order valence-electron chi connectivity index (χ3n) is 1.29. The Labute approximate surface area is 74.2 Å². The first-order valence-corrected chi connectivity index (χ1v) is 4.07. The molecule has 0 atom stereocenters. The van der Waals surface area contributed by atoms with E-state index in [-0.39, 0.29) is 0 Å². The maximum atomic E-state index is 5.81. The molecule has 4 heteroatoms. The molecule has 1 heterocycles. The van der Waals surface area contributed by atoms with E-state index >= 15 is 0 Å². The second-order valence-corrected chi connectivity index (χ2v) is 3.64. The van der Waals surface area contributed by atoms with Gasteiger partial charge in [-0.25, -0.2) is 9.97 Å². The van der Waals surface area contributed by atoms with Gasteiger partial charge in [0.15, 0.2) is 4.73 Å². The maximum absolute atomic E-state index is 5.81. The predicted octanol–water partition coefficient (Wildman–Crippen LogP) is 1.43. The summed E-state index contributed by atoms with van der Waals surface area (Å²) in [6, 6.07) is 1.81. The van der Waals surface area contributed by atoms with Crippen LogP contribution in [0.3, 0.4) is 0 Å². The SMILES string of the molecule is CC(C)(N)c1ccnc(Br)n1. The van der Waals surface area contributed by atoms with E-state index in [1.54, 1.807) is 6.20 Å². The van der Waals surface area contributed by atoms with Gasteiger partial charge in [-0.05, 0) is 35.8 Å². The molecule has 0 aromatic carbocycles. The van der Waals surface area contributed by atoms with Crippen molar-refractivity contribution in [1.82, 2.24) is 9.97 Å². The number of aromatic nitrogens is 2. The van der Waals surface area contributed by atoms with Gasteiger partial charge in [0.2, 0.25) is 0 Å². The predicted molar refractivity (Wildman–Crippen MR) is 46.9 cm³/mol. The Bertz CT molecular complexity index is 254. The Hall–Kier alpha value is -0.480. The summed E-state index contributed by atoms with van der Waals surface area (Å²) in [5.74, 6) is 0. The Morgan fingerprint density at radius 1 is 1.55 bits per heavy atom. The van der Waals surface area contributed by atoms with Gasteiger partial charge in [-0.1, -0.05) is 0 Å². The topological polar surface area (TPSA) is 51.8 Å². The average Bonchev–Trinajstić information content (AvgIpc) is 1.86. The van der Waals surface area contributed by atoms with Gasteiger partial charge in [0.25, 0.3) is 0 Å². The fourth-order valence-electron chi connectivity index (χ4n) is 0.694. The highest BCUT2D eigenvalue weighted by atomic mass is 79.9. The third kappa shape index (κ3) is 2.24. The van der Waals surface area contributed by atoms with Gasteiger partial charge in [0.05, 0.1) is 11.2 Å². The molecule has 1 aromatic heterocycles. The molecule has 1 aromatic rings. The Morgan fingerprint density at radius 2 is 2.18 bits per heavy atom. The molecule has 2 N–H and O–H groups in total. The molecule has 0 aliphatic rings. The molecule has 0 bridgehead atoms. The number of nitrogens with two attached hydrogens (primary N) is 1. The summed E-state index contributed by atoms with van der Waals surface area (Å²) < 4.78 is 0.577. The van der Waals surface area contributed by atoms with Crippen molar-refractivity contribution in [3.8, 4) is 0 Å². The highest BCUT2D eigenvalue weighted by molar-refractivity contribution is 9.10. The van der Waals surface area contributed by atoms with Crippen molar-refractivity contribution >= 4 is 15.9 Å². The van der Waals surface area contributed by atoms with E-state index in [1.807, 2.05) is 19.9 Å². The van der Waals surface area contributed by atoms with Crippen LogP contribution in [0.15, 0.2) is 17.0 Å². The van der Waals surface area contributed by atoms with Crippen LogP contribution < -0.4 is 5.73 Å². The molecule has 3 nitrogen and oxygen atoms in total. The van der Waals surface area contributed by atoms with Crippen LogP contribution in [0, 0.1) is 0 Å². The lowest BCUT2D eigenvalue weighted by Crippen LogP contribution is -2.29. The highest BCUT2D eigenvalue weighted by Crippen LogP contribution is 2.14. The zero-order valence-electron chi connectivity index (χ0n) is 6.50. The number of halogens is 1. The minimum atomic E-state index is -0.397. The van der Waals surface area contributed by atoms with Crippen LogP contribution in [-0.4, -0.2) is 9.97 Å². The van der Waals surface area contributed by atoms with Crippen molar-refractivity contribution in [2.24, 2.45) is 5.73 Å². The number of nitrogens with zero attached hydrogens (tertiary/aromatic N) is 2. The molecule has 60 valence electrons. The average molecular weight is 216 g/mol. The lowest BCUT2D eigenvalue weighted by atomic mass is 10.0. The van der Waals surface area contributed by atoms with Crippen molar-refractivity contribution < 1.29 is 0 Å². The summed E-state index contributed by atoms with van der Waals surface area (Å²) in [6.45, 7) is 3.81. The van der Waals surface area contributed by atoms with Crippen molar-refractivity contribution in [2.45, 2.75) is 19.4 Å². The van der Waals surface area contributed by atoms with Gasteiger partial charge >= 0.3 is 0 Å². The van der Waals surface area contributed by atoms with Gasteiger partial charge < -0.3 is 5.73 Å². The third-order valence-corrected chi connectivity index (χ3v) is 1.67. The summed E-state index contributed by atoms with van der Waals surface area (Å²) in [5.41, 5.74) is 6.25. The summed E-state index contributed by atoms with van der Waals surface area (Å²) in [5, 5.41) is 0. The molecule has 11 heavy (non-hydrogen) atoms. The van der Waals surface area contributed by atoms with Gasteiger partial charge in [-0.2, -0.15) is 0 Å². The standard InChI is InChI=1S/C7H10BrN3/c1-7(2,9)5-3-4-10-6(8)11-5/h3-4H,9H2,1-2H3. The van der Waals surface area contributed by atoms with Crippen molar-refractivity contribution in [2.75, 3.05) is 0 Å². The van der Waals surface area contributed by atoms with Crippen LogP contribution in [0.5, 0.6) is 0 Å². The molecule has 0 saturated carbocycles. The first-order valence-electron chi connectivity index (χ1n) is 3.28. The molecule has 0 radical (unpaired) electrons. The largest absolute Gasteiger partial charge is 0.321 e. The minimum Gasteiger partial charge on any atom is -0.321 e. The normalized spacial score (nSPS) is 11.6. The summed E-state index contributed by atoms with van der Waals surface area (Å²) in [7, 11) is 0. The molecule has 0 spiro atoms. The van der Waals surface area contributed by atoms with Crippen LogP contribution in [0.1, 0.15) is 19.5 Å². The summed E-state index contributed by atoms with van der Waals surface area (Å²) in [4.78, 5) is 8.03. The Kier molecular flexibility index (Phi) is 2.25. The van der Waals surface area contributed by atoms with Crippen LogP contribution in [0.25, 0.3) is 0 Å². The van der Waals surface area contributed by atoms with Crippen LogP contribution >= 0.6 is 15.9 Å². The van der Waals surface area contributed by atoms with E-state index in [0.29, 0.717) is 4.73 Å². The minimum absolute atomic E-state index is 0.397. The quantitative estimate of drug-likeness (QED) is 0.722. The first kappa shape index (κ1) is 8.62. The van der Waals surface area contributed by atoms with Crippen molar-refractivity contribution in [3.05, 3.63) is 22.7 Å². The number of hydrogen-bond acceptors (Lipinski definition) is 3. The molecule has 0 fully saturated rings. The van der Waals surface area contributed by atoms with Gasteiger partial charge in [0.1, 0.15) is 0 Å². The van der Waals surface area contributed by atoms with Crippen molar-refractivity contribution in [3.63, 3.8) is 0 Å². The first-order chi connectivity index (χ1) is 5.00. The smallest absolute Gasteiger partial charge is 0.196 e. The van der Waals surface area contributed by atoms with Gasteiger partial charge in [-0.15, -0.1) is 0 Å². The van der Waals surface area contributed by atoms with Crippen LogP contribution in [0.4, 0.5) is 0 Å². The van der Waals surface area contributed by atoms with Crippen molar-refractivity contribution in [1.29, 1.82) is 0 Å². The monoisotopic (exact) mass is 215 g/mol. The lowest BCUT2D eigenvalue weighted by molar-refractivity contribution is 0.532. The highest BCUT2D eigenvalue weighted by Gasteiger charge is 2.15. The summed E-state index contributed by atoms with van der Waals surface area (Å²) >= 11 is 3.18. The van der Waals surface area contributed by atoms with E-state index in [4.69, 9.17) is 5.73 Å². The van der Waals surface area contributed by atoms with Gasteiger partial charge in [0, 0.05) is 6.20 Å². The maximum Gasteiger partial charge on any atom is 0.196 e. The lowest BCUT2D eigenvalue weighted by Gasteiger charge is -2.16. The van der Waals surface area contributed by atoms with Gasteiger partial charge in [-0.3, -0.25) is 0 Å². The Balaban J connectivity index is 3.06. The fourth-order valence-corrected chi connectivity index (χ4v) is 1.00. The van der Waals surface area contributed by atoms with E-state index in [2.05, 4.69) is 25.9 Å². The second kappa shape index (κ2) is 2.87.